The molecule has 3 amide bonds. The van der Waals surface area contributed by atoms with Gasteiger partial charge in [0, 0.05) is 26.2 Å². The number of carbonyl (C=O) groups is 2. The number of nitrogens with zero attached hydrogens (tertiary/aromatic N) is 2. The fourth-order valence-corrected chi connectivity index (χ4v) is 2.67. The molecule has 1 N–H and O–H groups in total. The average molecular weight is 363 g/mol. The lowest BCUT2D eigenvalue weighted by atomic mass is 10.1. The predicted octanol–water partition coefficient (Wildman–Crippen LogP) is 2.90. The molecule has 2 rings (SSSR count). The van der Waals surface area contributed by atoms with Gasteiger partial charge in [0.25, 0.3) is 0 Å². The first-order chi connectivity index (χ1) is 12.2. The average Bonchev–Trinajstić information content (AvgIpc) is 2.55. The molecule has 1 aromatic carbocycles. The van der Waals surface area contributed by atoms with Gasteiger partial charge in [0.05, 0.1) is 0 Å². The van der Waals surface area contributed by atoms with Gasteiger partial charge in [-0.3, -0.25) is 0 Å². The summed E-state index contributed by atoms with van der Waals surface area (Å²) in [4.78, 5) is 27.6. The third-order valence-electron chi connectivity index (χ3n) is 4.00. The van der Waals surface area contributed by atoms with Gasteiger partial charge in [-0.25, -0.2) is 9.59 Å². The minimum absolute atomic E-state index is 0.106. The van der Waals surface area contributed by atoms with Crippen LogP contribution >= 0.6 is 0 Å². The minimum atomic E-state index is -0.517. The lowest BCUT2D eigenvalue weighted by Gasteiger charge is -2.35. The van der Waals surface area contributed by atoms with Crippen LogP contribution in [-0.4, -0.2) is 60.4 Å². The molecule has 1 heterocycles. The van der Waals surface area contributed by atoms with Crippen LogP contribution in [0.5, 0.6) is 5.75 Å². The van der Waals surface area contributed by atoms with Crippen LogP contribution < -0.4 is 10.1 Å². The van der Waals surface area contributed by atoms with Crippen LogP contribution in [0.25, 0.3) is 0 Å². The Morgan fingerprint density at radius 3 is 2.27 bits per heavy atom. The fourth-order valence-electron chi connectivity index (χ4n) is 2.67. The molecule has 1 saturated heterocycles. The monoisotopic (exact) mass is 363 g/mol. The summed E-state index contributed by atoms with van der Waals surface area (Å²) >= 11 is 0. The number of amides is 3. The second-order valence-electron chi connectivity index (χ2n) is 7.49. The molecule has 1 aliphatic rings. The zero-order chi connectivity index (χ0) is 19.3. The smallest absolute Gasteiger partial charge is 0.410 e. The van der Waals surface area contributed by atoms with E-state index < -0.39 is 5.60 Å². The van der Waals surface area contributed by atoms with Crippen LogP contribution in [0.2, 0.25) is 0 Å². The zero-order valence-electron chi connectivity index (χ0n) is 16.3. The van der Waals surface area contributed by atoms with Crippen molar-refractivity contribution in [1.82, 2.24) is 15.1 Å². The number of ether oxygens (including phenoxy) is 2. The molecule has 0 bridgehead atoms. The molecule has 0 aliphatic carbocycles. The van der Waals surface area contributed by atoms with E-state index in [9.17, 15) is 9.59 Å². The van der Waals surface area contributed by atoms with Crippen molar-refractivity contribution >= 4 is 12.1 Å². The maximum atomic E-state index is 12.2. The lowest BCUT2D eigenvalue weighted by Crippen LogP contribution is -2.54. The van der Waals surface area contributed by atoms with Crippen LogP contribution in [0.1, 0.15) is 31.9 Å². The topological polar surface area (TPSA) is 71.1 Å². The predicted molar refractivity (Wildman–Crippen MR) is 99.3 cm³/mol. The Labute approximate surface area is 155 Å². The van der Waals surface area contributed by atoms with Gasteiger partial charge in [-0.15, -0.1) is 0 Å². The fraction of sp³-hybridized carbons (Fsp3) is 0.579. The van der Waals surface area contributed by atoms with E-state index in [1.54, 1.807) is 9.80 Å². The minimum Gasteiger partial charge on any atom is -0.473 e. The van der Waals surface area contributed by atoms with Gasteiger partial charge >= 0.3 is 12.1 Å². The summed E-state index contributed by atoms with van der Waals surface area (Å²) in [6.07, 6.45) is -0.337. The summed E-state index contributed by atoms with van der Waals surface area (Å²) in [6, 6.07) is 5.71. The summed E-state index contributed by atoms with van der Waals surface area (Å²) in [5.74, 6) is 0.755. The third-order valence-corrected chi connectivity index (χ3v) is 4.00. The van der Waals surface area contributed by atoms with Crippen molar-refractivity contribution in [2.24, 2.45) is 0 Å². The van der Waals surface area contributed by atoms with Gasteiger partial charge < -0.3 is 24.6 Å². The lowest BCUT2D eigenvalue weighted by molar-refractivity contribution is 0.0168. The highest BCUT2D eigenvalue weighted by atomic mass is 16.6. The highest BCUT2D eigenvalue weighted by Crippen LogP contribution is 2.18. The second-order valence-corrected chi connectivity index (χ2v) is 7.49. The van der Waals surface area contributed by atoms with E-state index in [1.807, 2.05) is 52.8 Å². The molecule has 7 nitrogen and oxygen atoms in total. The van der Waals surface area contributed by atoms with Gasteiger partial charge in [0.1, 0.15) is 11.4 Å². The number of urea groups is 1. The normalized spacial score (nSPS) is 14.8. The number of hydrogen-bond donors (Lipinski definition) is 1. The molecule has 26 heavy (non-hydrogen) atoms. The van der Waals surface area contributed by atoms with E-state index in [-0.39, 0.29) is 18.9 Å². The molecule has 0 atom stereocenters. The third kappa shape index (κ3) is 5.82. The van der Waals surface area contributed by atoms with E-state index in [2.05, 4.69) is 5.32 Å². The molecule has 7 heteroatoms. The molecule has 0 radical (unpaired) electrons. The molecule has 1 fully saturated rings. The number of hydrogen-bond acceptors (Lipinski definition) is 4. The number of benzene rings is 1. The summed E-state index contributed by atoms with van der Waals surface area (Å²) in [6.45, 7) is 11.5. The summed E-state index contributed by atoms with van der Waals surface area (Å²) in [7, 11) is 0. The van der Waals surface area contributed by atoms with Crippen molar-refractivity contribution in [1.29, 1.82) is 0 Å². The molecule has 144 valence electrons. The van der Waals surface area contributed by atoms with Crippen molar-refractivity contribution in [2.45, 2.75) is 40.2 Å². The number of nitrogens with one attached hydrogen (secondary N) is 1. The Morgan fingerprint density at radius 1 is 1.08 bits per heavy atom. The van der Waals surface area contributed by atoms with Crippen molar-refractivity contribution in [3.05, 3.63) is 29.3 Å². The Morgan fingerprint density at radius 2 is 1.69 bits per heavy atom. The highest BCUT2D eigenvalue weighted by molar-refractivity contribution is 5.75. The zero-order valence-corrected chi connectivity index (χ0v) is 16.3. The van der Waals surface area contributed by atoms with E-state index in [4.69, 9.17) is 9.47 Å². The van der Waals surface area contributed by atoms with Crippen molar-refractivity contribution in [3.63, 3.8) is 0 Å². The van der Waals surface area contributed by atoms with Crippen LogP contribution in [-0.2, 0) is 4.74 Å². The van der Waals surface area contributed by atoms with Crippen LogP contribution in [0.4, 0.5) is 9.59 Å². The maximum absolute atomic E-state index is 12.2. The van der Waals surface area contributed by atoms with Crippen molar-refractivity contribution < 1.29 is 19.1 Å². The second kappa shape index (κ2) is 8.29. The Kier molecular flexibility index (Phi) is 6.34. The Balaban J connectivity index is 1.73. The molecule has 1 aliphatic heterocycles. The Bertz CT molecular complexity index is 647. The Hall–Kier alpha value is -2.44. The first kappa shape index (κ1) is 19.9. The number of piperazine rings is 1. The molecule has 0 unspecified atom stereocenters. The van der Waals surface area contributed by atoms with Crippen LogP contribution in [0, 0.1) is 13.8 Å². The van der Waals surface area contributed by atoms with Crippen molar-refractivity contribution in [3.8, 4) is 5.75 Å². The summed E-state index contributed by atoms with van der Waals surface area (Å²) < 4.78 is 11.0. The number of carbonyl (C=O) groups excluding carboxylic acids is 2. The van der Waals surface area contributed by atoms with Gasteiger partial charge in [-0.2, -0.15) is 0 Å². The van der Waals surface area contributed by atoms with Crippen molar-refractivity contribution in [2.75, 3.05) is 32.9 Å². The highest BCUT2D eigenvalue weighted by Gasteiger charge is 2.27. The maximum Gasteiger partial charge on any atom is 0.410 e. The number of aryl methyl sites for hydroxylation is 2. The van der Waals surface area contributed by atoms with E-state index in [1.165, 1.54) is 5.56 Å². The van der Waals surface area contributed by atoms with Gasteiger partial charge in [0.2, 0.25) is 0 Å². The molecule has 1 aromatic rings. The van der Waals surface area contributed by atoms with E-state index >= 15 is 0 Å². The first-order valence-electron chi connectivity index (χ1n) is 8.86. The van der Waals surface area contributed by atoms with Gasteiger partial charge in [-0.05, 0) is 46.2 Å². The SMILES string of the molecule is Cc1ccc(OCNC(=O)N2CCN(C(=O)OC(C)(C)C)CC2)c(C)c1. The van der Waals surface area contributed by atoms with Crippen LogP contribution in [0.3, 0.4) is 0 Å². The number of rotatable bonds is 3. The quantitative estimate of drug-likeness (QED) is 0.838. The van der Waals surface area contributed by atoms with E-state index in [0.717, 1.165) is 11.3 Å². The molecular weight excluding hydrogens is 334 g/mol. The van der Waals surface area contributed by atoms with Gasteiger partial charge in [-0.1, -0.05) is 17.7 Å². The largest absolute Gasteiger partial charge is 0.473 e. The van der Waals surface area contributed by atoms with Crippen LogP contribution in [0.15, 0.2) is 18.2 Å². The van der Waals surface area contributed by atoms with E-state index in [0.29, 0.717) is 26.2 Å². The molecular formula is C19H29N3O4. The van der Waals surface area contributed by atoms with Gasteiger partial charge in [0.15, 0.2) is 6.73 Å². The summed E-state index contributed by atoms with van der Waals surface area (Å²) in [5, 5.41) is 2.76. The first-order valence-corrected chi connectivity index (χ1v) is 8.86. The molecule has 0 spiro atoms. The molecule has 0 aromatic heterocycles. The molecule has 0 saturated carbocycles. The standard InChI is InChI=1S/C19H29N3O4/c1-14-6-7-16(15(2)12-14)25-13-20-17(23)21-8-10-22(11-9-21)18(24)26-19(3,4)5/h6-7,12H,8-11,13H2,1-5H3,(H,20,23). The summed E-state index contributed by atoms with van der Waals surface area (Å²) in [5.41, 5.74) is 1.68.